The number of aliphatic hydroxyl groups excluding tert-OH is 5. The summed E-state index contributed by atoms with van der Waals surface area (Å²) in [7, 11) is 0. The van der Waals surface area contributed by atoms with E-state index in [0.717, 1.165) is 6.08 Å². The van der Waals surface area contributed by atoms with Gasteiger partial charge in [0.25, 0.3) is 0 Å². The molecule has 0 radical (unpaired) electrons. The van der Waals surface area contributed by atoms with Crippen molar-refractivity contribution in [3.63, 3.8) is 0 Å². The predicted octanol–water partition coefficient (Wildman–Crippen LogP) is -2.10. The van der Waals surface area contributed by atoms with Crippen molar-refractivity contribution in [1.82, 2.24) is 0 Å². The Hall–Kier alpha value is -2.93. The third-order valence-corrected chi connectivity index (χ3v) is 5.49. The van der Waals surface area contributed by atoms with Crippen LogP contribution in [-0.2, 0) is 19.1 Å². The van der Waals surface area contributed by atoms with Gasteiger partial charge in [-0.2, -0.15) is 0 Å². The molecule has 1 saturated carbocycles. The predicted molar refractivity (Wildman–Crippen MR) is 105 cm³/mol. The Balaban J connectivity index is 2.00. The molecule has 1 saturated heterocycles. The van der Waals surface area contributed by atoms with Crippen LogP contribution in [0.1, 0.15) is 12.0 Å². The molecule has 1 heterocycles. The largest absolute Gasteiger partial charge is 0.508 e. The zero-order valence-corrected chi connectivity index (χ0v) is 16.5. The minimum atomic E-state index is -3.17. The number of Topliss-reactive ketones (excluding diaryl/α,β-unsaturated/α-hetero) is 3. The van der Waals surface area contributed by atoms with Crippen LogP contribution in [0, 0.1) is 0 Å². The van der Waals surface area contributed by atoms with Gasteiger partial charge in [-0.3, -0.25) is 14.4 Å². The summed E-state index contributed by atoms with van der Waals surface area (Å²) in [6.45, 7) is -0.873. The van der Waals surface area contributed by atoms with Crippen LogP contribution in [0.5, 0.6) is 5.75 Å². The number of phenolic OH excluding ortho intramolecular Hbond substituents is 1. The average Bonchev–Trinajstić information content (AvgIpc) is 2.76. The first-order valence-corrected chi connectivity index (χ1v) is 9.56. The van der Waals surface area contributed by atoms with E-state index in [4.69, 9.17) is 4.74 Å². The summed E-state index contributed by atoms with van der Waals surface area (Å²) in [6, 6.07) is 5.67. The van der Waals surface area contributed by atoms with Crippen LogP contribution in [-0.4, -0.2) is 95.8 Å². The Morgan fingerprint density at radius 2 is 1.69 bits per heavy atom. The minimum absolute atomic E-state index is 0.00883. The van der Waals surface area contributed by atoms with Gasteiger partial charge >= 0.3 is 0 Å². The maximum atomic E-state index is 13.0. The number of carbonyl (C=O) groups is 3. The minimum Gasteiger partial charge on any atom is -0.508 e. The molecule has 6 atom stereocenters. The highest BCUT2D eigenvalue weighted by molar-refractivity contribution is 6.38. The van der Waals surface area contributed by atoms with E-state index in [-0.39, 0.29) is 5.75 Å². The number of carbonyl (C=O) groups excluding carboxylic acids is 3. The van der Waals surface area contributed by atoms with Gasteiger partial charge in [-0.15, -0.1) is 0 Å². The van der Waals surface area contributed by atoms with E-state index in [2.05, 4.69) is 0 Å². The van der Waals surface area contributed by atoms with E-state index >= 15 is 0 Å². The molecule has 2 aliphatic rings. The molecular formula is C21H22O11. The van der Waals surface area contributed by atoms with Crippen molar-refractivity contribution in [2.45, 2.75) is 42.5 Å². The molecule has 0 aromatic heterocycles. The number of ether oxygens (including phenoxy) is 1. The zero-order valence-electron chi connectivity index (χ0n) is 16.5. The molecule has 32 heavy (non-hydrogen) atoms. The average molecular weight is 450 g/mol. The molecular weight excluding hydrogens is 428 g/mol. The summed E-state index contributed by atoms with van der Waals surface area (Å²) in [5.41, 5.74) is -3.61. The second kappa shape index (κ2) is 8.90. The van der Waals surface area contributed by atoms with E-state index < -0.39 is 77.8 Å². The fourth-order valence-electron chi connectivity index (χ4n) is 3.65. The first-order chi connectivity index (χ1) is 15.0. The molecule has 0 bridgehead atoms. The summed E-state index contributed by atoms with van der Waals surface area (Å²) >= 11 is 0. The molecule has 1 aromatic rings. The van der Waals surface area contributed by atoms with Gasteiger partial charge in [0.2, 0.25) is 11.4 Å². The first kappa shape index (κ1) is 23.7. The highest BCUT2D eigenvalue weighted by Gasteiger charge is 2.62. The van der Waals surface area contributed by atoms with Gasteiger partial charge in [-0.1, -0.05) is 18.2 Å². The maximum Gasteiger partial charge on any atom is 0.215 e. The number of aromatic hydroxyl groups is 1. The summed E-state index contributed by atoms with van der Waals surface area (Å²) in [6.07, 6.45) is -8.30. The number of aliphatic hydroxyl groups is 6. The Morgan fingerprint density at radius 3 is 2.28 bits per heavy atom. The fourth-order valence-corrected chi connectivity index (χ4v) is 3.65. The fraction of sp³-hybridized carbons (Fsp3) is 0.381. The Kier molecular flexibility index (Phi) is 6.60. The summed E-state index contributed by atoms with van der Waals surface area (Å²) in [5.74, 6) is -4.86. The highest BCUT2D eigenvalue weighted by atomic mass is 16.6. The van der Waals surface area contributed by atoms with E-state index in [0.29, 0.717) is 5.56 Å². The Bertz CT molecular complexity index is 978. The summed E-state index contributed by atoms with van der Waals surface area (Å²) in [5, 5.41) is 70.0. The molecule has 0 amide bonds. The number of ketones is 3. The van der Waals surface area contributed by atoms with Crippen LogP contribution in [0.15, 0.2) is 41.7 Å². The lowest BCUT2D eigenvalue weighted by molar-refractivity contribution is -0.261. The molecule has 1 aromatic carbocycles. The van der Waals surface area contributed by atoms with Crippen LogP contribution < -0.4 is 0 Å². The van der Waals surface area contributed by atoms with Crippen LogP contribution in [0.2, 0.25) is 0 Å². The van der Waals surface area contributed by atoms with E-state index in [1.165, 1.54) is 30.3 Å². The SMILES string of the molecule is O=C1CC(=O)[C@@](O)([C@@H]2OC(CO)[C@@H](O)C(O)C2O)C(=O)/C1=C(O)\C=C\c1ccc(O)cc1. The van der Waals surface area contributed by atoms with Gasteiger partial charge in [-0.05, 0) is 23.8 Å². The molecule has 172 valence electrons. The summed E-state index contributed by atoms with van der Waals surface area (Å²) in [4.78, 5) is 37.9. The molecule has 1 aliphatic carbocycles. The monoisotopic (exact) mass is 450 g/mol. The van der Waals surface area contributed by atoms with Crippen molar-refractivity contribution in [2.24, 2.45) is 0 Å². The molecule has 11 nitrogen and oxygen atoms in total. The van der Waals surface area contributed by atoms with Crippen molar-refractivity contribution in [2.75, 3.05) is 6.61 Å². The number of allylic oxidation sites excluding steroid dienone is 1. The van der Waals surface area contributed by atoms with E-state index in [1.807, 2.05) is 0 Å². The van der Waals surface area contributed by atoms with Crippen molar-refractivity contribution < 1.29 is 54.9 Å². The van der Waals surface area contributed by atoms with Crippen LogP contribution in [0.25, 0.3) is 6.08 Å². The number of benzene rings is 1. The number of hydrogen-bond donors (Lipinski definition) is 7. The third-order valence-electron chi connectivity index (χ3n) is 5.49. The topological polar surface area (TPSA) is 202 Å². The van der Waals surface area contributed by atoms with Gasteiger partial charge in [-0.25, -0.2) is 0 Å². The smallest absolute Gasteiger partial charge is 0.215 e. The van der Waals surface area contributed by atoms with E-state index in [9.17, 15) is 50.1 Å². The van der Waals surface area contributed by atoms with Crippen LogP contribution >= 0.6 is 0 Å². The Morgan fingerprint density at radius 1 is 1.06 bits per heavy atom. The van der Waals surface area contributed by atoms with Gasteiger partial charge in [0.15, 0.2) is 11.6 Å². The van der Waals surface area contributed by atoms with Gasteiger partial charge in [0.05, 0.1) is 13.0 Å². The molecule has 3 rings (SSSR count). The van der Waals surface area contributed by atoms with Crippen molar-refractivity contribution >= 4 is 23.4 Å². The second-order valence-electron chi connectivity index (χ2n) is 7.55. The van der Waals surface area contributed by atoms with Crippen molar-refractivity contribution in [1.29, 1.82) is 0 Å². The van der Waals surface area contributed by atoms with Crippen LogP contribution in [0.4, 0.5) is 0 Å². The molecule has 1 aliphatic heterocycles. The molecule has 3 unspecified atom stereocenters. The number of rotatable bonds is 4. The van der Waals surface area contributed by atoms with E-state index in [1.54, 1.807) is 0 Å². The molecule has 2 fully saturated rings. The molecule has 7 N–H and O–H groups in total. The third kappa shape index (κ3) is 3.97. The summed E-state index contributed by atoms with van der Waals surface area (Å²) < 4.78 is 5.16. The maximum absolute atomic E-state index is 13.0. The first-order valence-electron chi connectivity index (χ1n) is 9.56. The second-order valence-corrected chi connectivity index (χ2v) is 7.55. The van der Waals surface area contributed by atoms with Crippen molar-refractivity contribution in [3.05, 3.63) is 47.2 Å². The van der Waals surface area contributed by atoms with Crippen molar-refractivity contribution in [3.8, 4) is 5.75 Å². The standard InChI is InChI=1S/C21H22O11/c22-8-13-16(27)17(28)18(29)20(32-13)21(31)14(26)7-12(25)15(19(21)30)11(24)6-3-9-1-4-10(23)5-2-9/h1-6,13,16-18,20,22-24,27-29,31H,7-8H2/b6-3+,15-11+/t13?,16-,17?,18?,20-,21+/m1/s1. The van der Waals surface area contributed by atoms with Gasteiger partial charge in [0.1, 0.15) is 47.6 Å². The zero-order chi connectivity index (χ0) is 23.8. The van der Waals surface area contributed by atoms with Gasteiger partial charge in [0, 0.05) is 0 Å². The normalized spacial score (nSPS) is 35.4. The lowest BCUT2D eigenvalue weighted by Crippen LogP contribution is -2.71. The van der Waals surface area contributed by atoms with Gasteiger partial charge < -0.3 is 40.5 Å². The molecule has 0 spiro atoms. The number of hydrogen-bond acceptors (Lipinski definition) is 11. The highest BCUT2D eigenvalue weighted by Crippen LogP contribution is 2.36. The Labute approximate surface area is 181 Å². The lowest BCUT2D eigenvalue weighted by Gasteiger charge is -2.46. The number of phenols is 1. The quantitative estimate of drug-likeness (QED) is 0.115. The lowest BCUT2D eigenvalue weighted by atomic mass is 9.71. The van der Waals surface area contributed by atoms with Crippen LogP contribution in [0.3, 0.4) is 0 Å². The molecule has 11 heteroatoms.